The molecule has 0 aromatic heterocycles. The highest BCUT2D eigenvalue weighted by molar-refractivity contribution is 8.00. The molecule has 3 aromatic carbocycles. The molecule has 0 aliphatic carbocycles. The first-order chi connectivity index (χ1) is 17.1. The van der Waals surface area contributed by atoms with E-state index in [-0.39, 0.29) is 17.6 Å². The van der Waals surface area contributed by atoms with Crippen molar-refractivity contribution in [3.05, 3.63) is 95.6 Å². The predicted octanol–water partition coefficient (Wildman–Crippen LogP) is 5.65. The van der Waals surface area contributed by atoms with Crippen molar-refractivity contribution in [2.45, 2.75) is 57.1 Å². The van der Waals surface area contributed by atoms with Crippen LogP contribution in [0.5, 0.6) is 5.75 Å². The van der Waals surface area contributed by atoms with Gasteiger partial charge in [-0.1, -0.05) is 60.2 Å². The first kappa shape index (κ1) is 27.3. The lowest BCUT2D eigenvalue weighted by Crippen LogP contribution is -2.54. The Labute approximate surface area is 219 Å². The zero-order valence-electron chi connectivity index (χ0n) is 21.8. The number of nitrogens with one attached hydrogen (secondary N) is 1. The van der Waals surface area contributed by atoms with E-state index in [4.69, 9.17) is 4.74 Å². The van der Waals surface area contributed by atoms with Crippen molar-refractivity contribution in [2.75, 3.05) is 12.9 Å². The van der Waals surface area contributed by atoms with Gasteiger partial charge >= 0.3 is 0 Å². The number of thioether (sulfide) groups is 1. The molecule has 5 nitrogen and oxygen atoms in total. The number of carbonyl (C=O) groups excluding carboxylic acids is 2. The standard InChI is InChI=1S/C30H36N2O3S/c1-22-14-16-26(17-15-22)36-21-28(33)32(20-24-12-9-13-25(18-24)35-5)27(29(34)31-30(2,3)4)19-23-10-7-6-8-11-23/h6-18,27H,19-21H2,1-5H3,(H,31,34)/t27-/m1/s1. The SMILES string of the molecule is COc1cccc(CN(C(=O)CSc2ccc(C)cc2)[C@H](Cc2ccccc2)C(=O)NC(C)(C)C)c1. The molecule has 0 saturated carbocycles. The van der Waals surface area contributed by atoms with Crippen molar-refractivity contribution in [3.8, 4) is 5.75 Å². The Kier molecular flexibility index (Phi) is 9.59. The molecule has 2 amide bonds. The second kappa shape index (κ2) is 12.6. The first-order valence-electron chi connectivity index (χ1n) is 12.1. The molecule has 0 saturated heterocycles. The number of rotatable bonds is 10. The van der Waals surface area contributed by atoms with Crippen LogP contribution in [-0.2, 0) is 22.6 Å². The smallest absolute Gasteiger partial charge is 0.243 e. The number of benzene rings is 3. The molecule has 3 rings (SSSR count). The van der Waals surface area contributed by atoms with Gasteiger partial charge in [0.1, 0.15) is 11.8 Å². The van der Waals surface area contributed by atoms with Gasteiger partial charge in [-0.05, 0) is 63.1 Å². The summed E-state index contributed by atoms with van der Waals surface area (Å²) in [5.74, 6) is 0.699. The Morgan fingerprint density at radius 1 is 0.944 bits per heavy atom. The maximum Gasteiger partial charge on any atom is 0.243 e. The zero-order chi connectivity index (χ0) is 26.1. The van der Waals surface area contributed by atoms with Gasteiger partial charge in [-0.3, -0.25) is 9.59 Å². The number of methoxy groups -OCH3 is 1. The van der Waals surface area contributed by atoms with Gasteiger partial charge in [0.25, 0.3) is 0 Å². The number of hydrogen-bond donors (Lipinski definition) is 1. The van der Waals surface area contributed by atoms with Crippen LogP contribution in [0.3, 0.4) is 0 Å². The highest BCUT2D eigenvalue weighted by Crippen LogP contribution is 2.23. The molecule has 0 fully saturated rings. The Morgan fingerprint density at radius 3 is 2.25 bits per heavy atom. The van der Waals surface area contributed by atoms with Crippen molar-refractivity contribution in [1.82, 2.24) is 10.2 Å². The molecular formula is C30H36N2O3S. The van der Waals surface area contributed by atoms with E-state index in [1.165, 1.54) is 17.3 Å². The molecule has 6 heteroatoms. The number of amides is 2. The molecule has 0 heterocycles. The normalized spacial score (nSPS) is 12.0. The van der Waals surface area contributed by atoms with Crippen LogP contribution in [0.25, 0.3) is 0 Å². The molecule has 0 bridgehead atoms. The van der Waals surface area contributed by atoms with Gasteiger partial charge in [0.15, 0.2) is 0 Å². The lowest BCUT2D eigenvalue weighted by molar-refractivity contribution is -0.140. The molecule has 0 aliphatic heterocycles. The van der Waals surface area contributed by atoms with Crippen molar-refractivity contribution < 1.29 is 14.3 Å². The van der Waals surface area contributed by atoms with Crippen LogP contribution in [0.15, 0.2) is 83.8 Å². The minimum Gasteiger partial charge on any atom is -0.497 e. The highest BCUT2D eigenvalue weighted by atomic mass is 32.2. The fourth-order valence-electron chi connectivity index (χ4n) is 3.84. The van der Waals surface area contributed by atoms with Gasteiger partial charge < -0.3 is 15.0 Å². The molecule has 1 atom stereocenters. The summed E-state index contributed by atoms with van der Waals surface area (Å²) in [7, 11) is 1.62. The maximum atomic E-state index is 13.7. The fraction of sp³-hybridized carbons (Fsp3) is 0.333. The van der Waals surface area contributed by atoms with Crippen LogP contribution >= 0.6 is 11.8 Å². The quantitative estimate of drug-likeness (QED) is 0.363. The summed E-state index contributed by atoms with van der Waals surface area (Å²) in [4.78, 5) is 30.1. The van der Waals surface area contributed by atoms with Crippen LogP contribution in [0.4, 0.5) is 0 Å². The van der Waals surface area contributed by atoms with E-state index in [1.54, 1.807) is 12.0 Å². The molecule has 190 valence electrons. The van der Waals surface area contributed by atoms with Crippen molar-refractivity contribution >= 4 is 23.6 Å². The number of carbonyl (C=O) groups is 2. The van der Waals surface area contributed by atoms with Crippen LogP contribution in [0, 0.1) is 6.92 Å². The topological polar surface area (TPSA) is 58.6 Å². The van der Waals surface area contributed by atoms with Gasteiger partial charge in [0, 0.05) is 23.4 Å². The summed E-state index contributed by atoms with van der Waals surface area (Å²) >= 11 is 1.48. The van der Waals surface area contributed by atoms with Gasteiger partial charge in [0.2, 0.25) is 11.8 Å². The lowest BCUT2D eigenvalue weighted by atomic mass is 10.0. The van der Waals surface area contributed by atoms with Crippen molar-refractivity contribution in [1.29, 1.82) is 0 Å². The monoisotopic (exact) mass is 504 g/mol. The molecule has 0 radical (unpaired) electrons. The molecule has 36 heavy (non-hydrogen) atoms. The number of aryl methyl sites for hydroxylation is 1. The Morgan fingerprint density at radius 2 is 1.61 bits per heavy atom. The maximum absolute atomic E-state index is 13.7. The van der Waals surface area contributed by atoms with Crippen molar-refractivity contribution in [3.63, 3.8) is 0 Å². The van der Waals surface area contributed by atoms with E-state index in [1.807, 2.05) is 107 Å². The second-order valence-corrected chi connectivity index (χ2v) is 11.0. The third-order valence-corrected chi connectivity index (χ3v) is 6.64. The molecule has 0 unspecified atom stereocenters. The summed E-state index contributed by atoms with van der Waals surface area (Å²) < 4.78 is 5.39. The first-order valence-corrected chi connectivity index (χ1v) is 13.1. The molecule has 1 N–H and O–H groups in total. The van der Waals surface area contributed by atoms with E-state index in [9.17, 15) is 9.59 Å². The van der Waals surface area contributed by atoms with Gasteiger partial charge in [-0.25, -0.2) is 0 Å². The van der Waals surface area contributed by atoms with Crippen LogP contribution in [0.1, 0.15) is 37.5 Å². The zero-order valence-corrected chi connectivity index (χ0v) is 22.6. The third kappa shape index (κ3) is 8.45. The molecular weight excluding hydrogens is 468 g/mol. The van der Waals surface area contributed by atoms with E-state index in [0.717, 1.165) is 16.0 Å². The van der Waals surface area contributed by atoms with Crippen LogP contribution < -0.4 is 10.1 Å². The number of hydrogen-bond acceptors (Lipinski definition) is 4. The van der Waals surface area contributed by atoms with E-state index < -0.39 is 11.6 Å². The Bertz CT molecular complexity index is 1140. The minimum atomic E-state index is -0.663. The molecule has 0 aliphatic rings. The lowest BCUT2D eigenvalue weighted by Gasteiger charge is -2.34. The third-order valence-electron chi connectivity index (χ3n) is 5.64. The number of ether oxygens (including phenoxy) is 1. The largest absolute Gasteiger partial charge is 0.497 e. The van der Waals surface area contributed by atoms with Crippen molar-refractivity contribution in [2.24, 2.45) is 0 Å². The summed E-state index contributed by atoms with van der Waals surface area (Å²) in [6.45, 7) is 8.20. The van der Waals surface area contributed by atoms with Gasteiger partial charge in [-0.2, -0.15) is 0 Å². The van der Waals surface area contributed by atoms with Crippen LogP contribution in [0.2, 0.25) is 0 Å². The average Bonchev–Trinajstić information content (AvgIpc) is 2.85. The van der Waals surface area contributed by atoms with E-state index in [0.29, 0.717) is 18.7 Å². The fourth-order valence-corrected chi connectivity index (χ4v) is 4.62. The molecule has 0 spiro atoms. The molecule has 3 aromatic rings. The van der Waals surface area contributed by atoms with Gasteiger partial charge in [0.05, 0.1) is 12.9 Å². The summed E-state index contributed by atoms with van der Waals surface area (Å²) in [6, 6.07) is 24.9. The second-order valence-electron chi connectivity index (χ2n) is 9.92. The summed E-state index contributed by atoms with van der Waals surface area (Å²) in [6.07, 6.45) is 0.424. The predicted molar refractivity (Wildman–Crippen MR) is 147 cm³/mol. The van der Waals surface area contributed by atoms with Crippen LogP contribution in [-0.4, -0.2) is 41.2 Å². The Balaban J connectivity index is 1.93. The van der Waals surface area contributed by atoms with Gasteiger partial charge in [-0.15, -0.1) is 11.8 Å². The van der Waals surface area contributed by atoms with E-state index >= 15 is 0 Å². The average molecular weight is 505 g/mol. The number of nitrogens with zero attached hydrogens (tertiary/aromatic N) is 1. The van der Waals surface area contributed by atoms with E-state index in [2.05, 4.69) is 5.32 Å². The summed E-state index contributed by atoms with van der Waals surface area (Å²) in [5, 5.41) is 3.10. The Hall–Kier alpha value is -3.25. The minimum absolute atomic E-state index is 0.0895. The highest BCUT2D eigenvalue weighted by Gasteiger charge is 2.32. The summed E-state index contributed by atoms with van der Waals surface area (Å²) in [5.41, 5.74) is 2.66.